The van der Waals surface area contributed by atoms with Crippen LogP contribution in [0.25, 0.3) is 0 Å². The molecule has 0 bridgehead atoms. The Morgan fingerprint density at radius 3 is 2.64 bits per heavy atom. The molecule has 0 aliphatic carbocycles. The summed E-state index contributed by atoms with van der Waals surface area (Å²) in [7, 11) is 0. The van der Waals surface area contributed by atoms with Gasteiger partial charge in [-0.2, -0.15) is 0 Å². The minimum Gasteiger partial charge on any atom is -0.330 e. The highest BCUT2D eigenvalue weighted by molar-refractivity contribution is 7.79. The lowest BCUT2D eigenvalue weighted by Gasteiger charge is -2.18. The van der Waals surface area contributed by atoms with Crippen LogP contribution < -0.4 is 0 Å². The standard InChI is InChI=1S/C19H14Cl2N2OS/c20-14-6-7-15(17(21)10-14)19(24)16(13-4-2-1-3-5-13)11-23-9-8-22-18(23)12-25/h1-10,12,16H,11H2. The number of carbonyl (C=O) groups is 1. The summed E-state index contributed by atoms with van der Waals surface area (Å²) in [5.74, 6) is 0.158. The number of benzene rings is 2. The highest BCUT2D eigenvalue weighted by Gasteiger charge is 2.25. The molecule has 3 aromatic rings. The van der Waals surface area contributed by atoms with Gasteiger partial charge < -0.3 is 4.57 Å². The predicted octanol–water partition coefficient (Wildman–Crippen LogP) is 5.20. The maximum absolute atomic E-state index is 13.2. The summed E-state index contributed by atoms with van der Waals surface area (Å²) < 4.78 is 1.87. The molecule has 2 aromatic carbocycles. The van der Waals surface area contributed by atoms with E-state index in [0.29, 0.717) is 28.0 Å². The van der Waals surface area contributed by atoms with Crippen molar-refractivity contribution in [3.05, 3.63) is 87.9 Å². The minimum atomic E-state index is -0.414. The Hall–Kier alpha value is -2.01. The Labute approximate surface area is 161 Å². The van der Waals surface area contributed by atoms with Gasteiger partial charge >= 0.3 is 0 Å². The fraction of sp³-hybridized carbons (Fsp3) is 0.105. The second-order valence-corrected chi connectivity index (χ2v) is 6.59. The quantitative estimate of drug-likeness (QED) is 0.429. The zero-order valence-corrected chi connectivity index (χ0v) is 15.4. The first-order valence-electron chi connectivity index (χ1n) is 7.60. The molecule has 0 saturated carbocycles. The fourth-order valence-electron chi connectivity index (χ4n) is 2.69. The van der Waals surface area contributed by atoms with Gasteiger partial charge in [-0.15, -0.1) is 0 Å². The third kappa shape index (κ3) is 3.98. The first-order chi connectivity index (χ1) is 12.1. The van der Waals surface area contributed by atoms with Crippen LogP contribution in [-0.2, 0) is 6.54 Å². The zero-order valence-electron chi connectivity index (χ0n) is 13.1. The van der Waals surface area contributed by atoms with Crippen molar-refractivity contribution in [3.8, 4) is 0 Å². The highest BCUT2D eigenvalue weighted by Crippen LogP contribution is 2.29. The topological polar surface area (TPSA) is 34.9 Å². The number of nitrogens with zero attached hydrogens (tertiary/aromatic N) is 2. The molecule has 0 radical (unpaired) electrons. The van der Waals surface area contributed by atoms with Crippen molar-refractivity contribution in [2.45, 2.75) is 12.5 Å². The van der Waals surface area contributed by atoms with E-state index in [4.69, 9.17) is 35.4 Å². The molecule has 3 nitrogen and oxygen atoms in total. The van der Waals surface area contributed by atoms with Crippen molar-refractivity contribution in [2.75, 3.05) is 0 Å². The molecule has 1 heterocycles. The highest BCUT2D eigenvalue weighted by atomic mass is 35.5. The maximum Gasteiger partial charge on any atom is 0.173 e. The van der Waals surface area contributed by atoms with Gasteiger partial charge in [0, 0.05) is 34.9 Å². The molecule has 1 aromatic heterocycles. The molecular weight excluding hydrogens is 375 g/mol. The molecule has 126 valence electrons. The van der Waals surface area contributed by atoms with Gasteiger partial charge in [0.25, 0.3) is 0 Å². The largest absolute Gasteiger partial charge is 0.330 e. The number of ketones is 1. The Kier molecular flexibility index (Phi) is 5.63. The van der Waals surface area contributed by atoms with Crippen molar-refractivity contribution < 1.29 is 4.79 Å². The van der Waals surface area contributed by atoms with Gasteiger partial charge in [0.15, 0.2) is 5.78 Å². The lowest BCUT2D eigenvalue weighted by atomic mass is 9.90. The lowest BCUT2D eigenvalue weighted by Crippen LogP contribution is -2.20. The van der Waals surface area contributed by atoms with Crippen LogP contribution in [0.2, 0.25) is 10.0 Å². The van der Waals surface area contributed by atoms with Gasteiger partial charge in [-0.1, -0.05) is 65.8 Å². The van der Waals surface area contributed by atoms with Gasteiger partial charge in [0.1, 0.15) is 5.82 Å². The number of thiocarbonyl (C=S) groups is 1. The van der Waals surface area contributed by atoms with Crippen LogP contribution in [0.1, 0.15) is 27.7 Å². The molecule has 0 N–H and O–H groups in total. The fourth-order valence-corrected chi connectivity index (χ4v) is 3.39. The number of carbonyl (C=O) groups excluding carboxylic acids is 1. The number of aromatic nitrogens is 2. The van der Waals surface area contributed by atoms with Gasteiger partial charge in [0.05, 0.1) is 10.9 Å². The second kappa shape index (κ2) is 7.91. The molecular formula is C19H14Cl2N2OS. The van der Waals surface area contributed by atoms with E-state index in [1.807, 2.05) is 41.1 Å². The number of hydrogen-bond donors (Lipinski definition) is 0. The number of halogens is 2. The van der Waals surface area contributed by atoms with E-state index >= 15 is 0 Å². The van der Waals surface area contributed by atoms with Crippen molar-refractivity contribution in [3.63, 3.8) is 0 Å². The summed E-state index contributed by atoms with van der Waals surface area (Å²) in [5.41, 5.74) is 1.35. The van der Waals surface area contributed by atoms with Crippen LogP contribution >= 0.6 is 35.4 Å². The normalized spacial score (nSPS) is 11.9. The monoisotopic (exact) mass is 388 g/mol. The number of rotatable bonds is 6. The molecule has 0 aliphatic rings. The molecule has 0 fully saturated rings. The Morgan fingerprint density at radius 2 is 1.96 bits per heavy atom. The average Bonchev–Trinajstić information content (AvgIpc) is 3.07. The van der Waals surface area contributed by atoms with E-state index < -0.39 is 5.92 Å². The predicted molar refractivity (Wildman–Crippen MR) is 105 cm³/mol. The molecule has 25 heavy (non-hydrogen) atoms. The van der Waals surface area contributed by atoms with Crippen molar-refractivity contribution >= 4 is 46.6 Å². The SMILES string of the molecule is O=C(c1ccc(Cl)cc1Cl)C(Cn1ccnc1C=S)c1ccccc1. The Balaban J connectivity index is 2.02. The molecule has 0 saturated heterocycles. The summed E-state index contributed by atoms with van der Waals surface area (Å²) in [5, 5.41) is 2.34. The van der Waals surface area contributed by atoms with E-state index in [1.54, 1.807) is 24.4 Å². The Morgan fingerprint density at radius 1 is 1.20 bits per heavy atom. The zero-order chi connectivity index (χ0) is 17.8. The number of hydrogen-bond acceptors (Lipinski definition) is 3. The number of imidazole rings is 1. The van der Waals surface area contributed by atoms with Crippen LogP contribution in [0.3, 0.4) is 0 Å². The molecule has 0 spiro atoms. The summed E-state index contributed by atoms with van der Waals surface area (Å²) in [6, 6.07) is 14.5. The third-order valence-electron chi connectivity index (χ3n) is 3.95. The summed E-state index contributed by atoms with van der Waals surface area (Å²) in [6.45, 7) is 0.421. The molecule has 6 heteroatoms. The molecule has 3 rings (SSSR count). The average molecular weight is 389 g/mol. The van der Waals surface area contributed by atoms with E-state index in [2.05, 4.69) is 4.98 Å². The minimum absolute atomic E-state index is 0.0723. The van der Waals surface area contributed by atoms with Gasteiger partial charge in [-0.05, 0) is 23.8 Å². The first-order valence-corrected chi connectivity index (χ1v) is 8.83. The second-order valence-electron chi connectivity index (χ2n) is 5.51. The van der Waals surface area contributed by atoms with Crippen LogP contribution in [-0.4, -0.2) is 20.7 Å². The van der Waals surface area contributed by atoms with Gasteiger partial charge in [0.2, 0.25) is 0 Å². The van der Waals surface area contributed by atoms with E-state index in [0.717, 1.165) is 5.56 Å². The number of Topliss-reactive ketones (excluding diaryl/α,β-unsaturated/α-hetero) is 1. The van der Waals surface area contributed by atoms with Gasteiger partial charge in [-0.25, -0.2) is 4.98 Å². The molecule has 0 amide bonds. The van der Waals surface area contributed by atoms with Crippen molar-refractivity contribution in [1.29, 1.82) is 0 Å². The van der Waals surface area contributed by atoms with Crippen molar-refractivity contribution in [2.24, 2.45) is 0 Å². The van der Waals surface area contributed by atoms with Crippen LogP contribution in [0.5, 0.6) is 0 Å². The summed E-state index contributed by atoms with van der Waals surface area (Å²) >= 11 is 17.2. The maximum atomic E-state index is 13.2. The summed E-state index contributed by atoms with van der Waals surface area (Å²) in [4.78, 5) is 17.4. The molecule has 1 unspecified atom stereocenters. The molecule has 0 aliphatic heterocycles. The lowest BCUT2D eigenvalue weighted by molar-refractivity contribution is 0.0951. The first kappa shape index (κ1) is 17.8. The van der Waals surface area contributed by atoms with E-state index in [-0.39, 0.29) is 5.78 Å². The Bertz CT molecular complexity index is 909. The van der Waals surface area contributed by atoms with E-state index in [9.17, 15) is 4.79 Å². The molecule has 1 atom stereocenters. The van der Waals surface area contributed by atoms with Gasteiger partial charge in [-0.3, -0.25) is 4.79 Å². The smallest absolute Gasteiger partial charge is 0.173 e. The van der Waals surface area contributed by atoms with Crippen molar-refractivity contribution in [1.82, 2.24) is 9.55 Å². The van der Waals surface area contributed by atoms with Crippen LogP contribution in [0.15, 0.2) is 60.9 Å². The van der Waals surface area contributed by atoms with Crippen LogP contribution in [0, 0.1) is 0 Å². The van der Waals surface area contributed by atoms with Crippen LogP contribution in [0.4, 0.5) is 0 Å². The third-order valence-corrected chi connectivity index (χ3v) is 4.71. The summed E-state index contributed by atoms with van der Waals surface area (Å²) in [6.07, 6.45) is 3.48. The van der Waals surface area contributed by atoms with E-state index in [1.165, 1.54) is 5.37 Å².